The van der Waals surface area contributed by atoms with Gasteiger partial charge < -0.3 is 5.32 Å². The van der Waals surface area contributed by atoms with Crippen LogP contribution in [0.1, 0.15) is 31.0 Å². The average molecular weight is 207 g/mol. The van der Waals surface area contributed by atoms with Gasteiger partial charge in [-0.25, -0.2) is 4.39 Å². The maximum Gasteiger partial charge on any atom is 0.126 e. The fraction of sp³-hybridized carbons (Fsp3) is 0.385. The second-order valence-corrected chi connectivity index (χ2v) is 4.02. The van der Waals surface area contributed by atoms with E-state index in [1.54, 1.807) is 13.0 Å². The van der Waals surface area contributed by atoms with Crippen LogP contribution in [0.25, 0.3) is 0 Å². The van der Waals surface area contributed by atoms with Gasteiger partial charge in [0.15, 0.2) is 0 Å². The van der Waals surface area contributed by atoms with Crippen molar-refractivity contribution in [2.75, 3.05) is 7.05 Å². The van der Waals surface area contributed by atoms with Crippen molar-refractivity contribution in [1.82, 2.24) is 5.32 Å². The van der Waals surface area contributed by atoms with Crippen molar-refractivity contribution in [2.45, 2.75) is 26.8 Å². The SMILES string of the molecule is CNC(C=C(C)C)c1ccc(C)c(F)c1. The van der Waals surface area contributed by atoms with Gasteiger partial charge in [-0.1, -0.05) is 23.8 Å². The van der Waals surface area contributed by atoms with Crippen molar-refractivity contribution in [3.8, 4) is 0 Å². The van der Waals surface area contributed by atoms with Crippen LogP contribution in [-0.4, -0.2) is 7.05 Å². The average Bonchev–Trinajstić information content (AvgIpc) is 2.18. The molecule has 1 aromatic rings. The molecule has 1 aromatic carbocycles. The summed E-state index contributed by atoms with van der Waals surface area (Å²) in [6, 6.07) is 5.45. The lowest BCUT2D eigenvalue weighted by Crippen LogP contribution is -2.14. The highest BCUT2D eigenvalue weighted by atomic mass is 19.1. The molecule has 0 aliphatic carbocycles. The molecule has 0 radical (unpaired) electrons. The molecule has 82 valence electrons. The van der Waals surface area contributed by atoms with Crippen molar-refractivity contribution in [3.63, 3.8) is 0 Å². The van der Waals surface area contributed by atoms with Crippen molar-refractivity contribution in [2.24, 2.45) is 0 Å². The Kier molecular flexibility index (Phi) is 4.04. The molecule has 1 atom stereocenters. The summed E-state index contributed by atoms with van der Waals surface area (Å²) in [5.74, 6) is -0.144. The topological polar surface area (TPSA) is 12.0 Å². The number of aryl methyl sites for hydroxylation is 1. The van der Waals surface area contributed by atoms with Crippen molar-refractivity contribution >= 4 is 0 Å². The summed E-state index contributed by atoms with van der Waals surface area (Å²) in [4.78, 5) is 0. The van der Waals surface area contributed by atoms with E-state index in [2.05, 4.69) is 11.4 Å². The number of likely N-dealkylation sites (N-methyl/N-ethyl adjacent to an activating group) is 1. The molecular formula is C13H18FN. The van der Waals surface area contributed by atoms with Crippen molar-refractivity contribution in [1.29, 1.82) is 0 Å². The molecule has 0 spiro atoms. The van der Waals surface area contributed by atoms with E-state index in [1.165, 1.54) is 5.57 Å². The Morgan fingerprint density at radius 1 is 1.40 bits per heavy atom. The summed E-state index contributed by atoms with van der Waals surface area (Å²) in [6.45, 7) is 5.85. The Labute approximate surface area is 91.0 Å². The van der Waals surface area contributed by atoms with E-state index in [-0.39, 0.29) is 11.9 Å². The first-order chi connectivity index (χ1) is 7.04. The second-order valence-electron chi connectivity index (χ2n) is 4.02. The zero-order valence-electron chi connectivity index (χ0n) is 9.76. The summed E-state index contributed by atoms with van der Waals surface area (Å²) < 4.78 is 13.4. The number of benzene rings is 1. The minimum atomic E-state index is -0.144. The molecule has 0 aliphatic rings. The Morgan fingerprint density at radius 3 is 2.53 bits per heavy atom. The molecule has 15 heavy (non-hydrogen) atoms. The minimum absolute atomic E-state index is 0.0881. The third kappa shape index (κ3) is 3.17. The van der Waals surface area contributed by atoms with Crippen LogP contribution in [0.3, 0.4) is 0 Å². The Hall–Kier alpha value is -1.15. The molecule has 0 amide bonds. The molecule has 0 saturated carbocycles. The van der Waals surface area contributed by atoms with Gasteiger partial charge in [0.2, 0.25) is 0 Å². The predicted molar refractivity (Wildman–Crippen MR) is 62.4 cm³/mol. The fourth-order valence-electron chi connectivity index (χ4n) is 1.48. The van der Waals surface area contributed by atoms with E-state index in [9.17, 15) is 4.39 Å². The van der Waals surface area contributed by atoms with Crippen molar-refractivity contribution in [3.05, 3.63) is 46.8 Å². The molecule has 0 fully saturated rings. The van der Waals surface area contributed by atoms with Crippen LogP contribution in [0.5, 0.6) is 0 Å². The maximum atomic E-state index is 13.4. The van der Waals surface area contributed by atoms with Gasteiger partial charge in [0.1, 0.15) is 5.82 Å². The molecule has 1 N–H and O–H groups in total. The normalized spacial score (nSPS) is 12.3. The van der Waals surface area contributed by atoms with E-state index in [4.69, 9.17) is 0 Å². The summed E-state index contributed by atoms with van der Waals surface area (Å²) in [7, 11) is 1.88. The molecule has 0 heterocycles. The van der Waals surface area contributed by atoms with Crippen LogP contribution in [0.4, 0.5) is 4.39 Å². The first kappa shape index (κ1) is 11.9. The maximum absolute atomic E-state index is 13.4. The number of hydrogen-bond acceptors (Lipinski definition) is 1. The van der Waals surface area contributed by atoms with Gasteiger partial charge in [0, 0.05) is 0 Å². The third-order valence-corrected chi connectivity index (χ3v) is 2.37. The minimum Gasteiger partial charge on any atom is -0.310 e. The Morgan fingerprint density at radius 2 is 2.07 bits per heavy atom. The quantitative estimate of drug-likeness (QED) is 0.749. The number of rotatable bonds is 3. The van der Waals surface area contributed by atoms with Crippen LogP contribution in [0.15, 0.2) is 29.8 Å². The summed E-state index contributed by atoms with van der Waals surface area (Å²) in [5, 5.41) is 3.15. The van der Waals surface area contributed by atoms with Gasteiger partial charge in [-0.05, 0) is 45.0 Å². The van der Waals surface area contributed by atoms with E-state index in [0.717, 1.165) is 5.56 Å². The first-order valence-electron chi connectivity index (χ1n) is 5.13. The monoisotopic (exact) mass is 207 g/mol. The summed E-state index contributed by atoms with van der Waals surface area (Å²) >= 11 is 0. The van der Waals surface area contributed by atoms with E-state index < -0.39 is 0 Å². The molecule has 0 saturated heterocycles. The number of nitrogens with one attached hydrogen (secondary N) is 1. The highest BCUT2D eigenvalue weighted by Crippen LogP contribution is 2.18. The van der Waals surface area contributed by atoms with E-state index in [1.807, 2.05) is 33.0 Å². The van der Waals surface area contributed by atoms with Gasteiger partial charge in [-0.3, -0.25) is 0 Å². The van der Waals surface area contributed by atoms with Gasteiger partial charge in [-0.15, -0.1) is 0 Å². The first-order valence-corrected chi connectivity index (χ1v) is 5.13. The largest absolute Gasteiger partial charge is 0.310 e. The Bertz CT molecular complexity index is 365. The second kappa shape index (κ2) is 5.08. The van der Waals surface area contributed by atoms with Crippen LogP contribution >= 0.6 is 0 Å². The van der Waals surface area contributed by atoms with Gasteiger partial charge in [-0.2, -0.15) is 0 Å². The highest BCUT2D eigenvalue weighted by Gasteiger charge is 2.07. The smallest absolute Gasteiger partial charge is 0.126 e. The van der Waals surface area contributed by atoms with E-state index >= 15 is 0 Å². The predicted octanol–water partition coefficient (Wildman–Crippen LogP) is 3.36. The van der Waals surface area contributed by atoms with Gasteiger partial charge in [0.05, 0.1) is 6.04 Å². The van der Waals surface area contributed by atoms with Crippen molar-refractivity contribution < 1.29 is 4.39 Å². The lowest BCUT2D eigenvalue weighted by molar-refractivity contribution is 0.610. The van der Waals surface area contributed by atoms with Crippen LogP contribution < -0.4 is 5.32 Å². The molecule has 1 unspecified atom stereocenters. The molecule has 1 nitrogen and oxygen atoms in total. The standard InChI is InChI=1S/C13H18FN/c1-9(2)7-13(15-4)11-6-5-10(3)12(14)8-11/h5-8,13,15H,1-4H3. The van der Waals surface area contributed by atoms with Crippen LogP contribution in [0.2, 0.25) is 0 Å². The number of allylic oxidation sites excluding steroid dienone is 1. The zero-order chi connectivity index (χ0) is 11.4. The van der Waals surface area contributed by atoms with Crippen LogP contribution in [-0.2, 0) is 0 Å². The lowest BCUT2D eigenvalue weighted by atomic mass is 10.0. The Balaban J connectivity index is 3.03. The van der Waals surface area contributed by atoms with E-state index in [0.29, 0.717) is 5.56 Å². The number of halogens is 1. The van der Waals surface area contributed by atoms with Crippen LogP contribution in [0, 0.1) is 12.7 Å². The molecule has 0 bridgehead atoms. The lowest BCUT2D eigenvalue weighted by Gasteiger charge is -2.13. The molecule has 0 aromatic heterocycles. The fourth-order valence-corrected chi connectivity index (χ4v) is 1.48. The summed E-state index contributed by atoms with van der Waals surface area (Å²) in [6.07, 6.45) is 2.09. The number of hydrogen-bond donors (Lipinski definition) is 1. The molecular weight excluding hydrogens is 189 g/mol. The van der Waals surface area contributed by atoms with Gasteiger partial charge in [0.25, 0.3) is 0 Å². The molecule has 2 heteroatoms. The van der Waals surface area contributed by atoms with Gasteiger partial charge >= 0.3 is 0 Å². The zero-order valence-corrected chi connectivity index (χ0v) is 9.76. The molecule has 0 aliphatic heterocycles. The summed E-state index contributed by atoms with van der Waals surface area (Å²) in [5.41, 5.74) is 2.86. The highest BCUT2D eigenvalue weighted by molar-refractivity contribution is 5.28. The molecule has 1 rings (SSSR count). The third-order valence-electron chi connectivity index (χ3n) is 2.37.